The van der Waals surface area contributed by atoms with Crippen LogP contribution in [-0.2, 0) is 6.54 Å². The van der Waals surface area contributed by atoms with Crippen molar-refractivity contribution in [1.29, 1.82) is 0 Å². The molecule has 20 heavy (non-hydrogen) atoms. The molecule has 0 aliphatic rings. The first-order valence-electron chi connectivity index (χ1n) is 5.50. The Bertz CT molecular complexity index is 667. The first-order chi connectivity index (χ1) is 9.47. The quantitative estimate of drug-likeness (QED) is 0.622. The predicted octanol–water partition coefficient (Wildman–Crippen LogP) is 1.60. The van der Waals surface area contributed by atoms with E-state index in [1.807, 2.05) is 0 Å². The van der Waals surface area contributed by atoms with Gasteiger partial charge in [0.2, 0.25) is 5.89 Å². The average Bonchev–Trinajstić information content (AvgIpc) is 2.81. The monoisotopic (exact) mass is 278 g/mol. The number of aryl methyl sites for hydroxylation is 1. The number of nitro groups is 1. The summed E-state index contributed by atoms with van der Waals surface area (Å²) in [4.78, 5) is 28.6. The largest absolute Gasteiger partial charge is 0.478 e. The van der Waals surface area contributed by atoms with E-state index in [9.17, 15) is 14.9 Å². The van der Waals surface area contributed by atoms with Gasteiger partial charge in [-0.2, -0.15) is 0 Å². The minimum Gasteiger partial charge on any atom is -0.478 e. The molecular formula is C11H10N4O5. The van der Waals surface area contributed by atoms with E-state index < -0.39 is 10.9 Å². The second-order valence-electron chi connectivity index (χ2n) is 3.87. The first-order valence-corrected chi connectivity index (χ1v) is 5.50. The fourth-order valence-corrected chi connectivity index (χ4v) is 1.50. The average molecular weight is 278 g/mol. The fraction of sp³-hybridized carbons (Fsp3) is 0.182. The van der Waals surface area contributed by atoms with Gasteiger partial charge >= 0.3 is 5.97 Å². The van der Waals surface area contributed by atoms with Gasteiger partial charge < -0.3 is 14.8 Å². The summed E-state index contributed by atoms with van der Waals surface area (Å²) < 4.78 is 5.21. The van der Waals surface area contributed by atoms with Crippen molar-refractivity contribution in [3.63, 3.8) is 0 Å². The fourth-order valence-electron chi connectivity index (χ4n) is 1.50. The molecule has 2 heterocycles. The molecule has 0 saturated heterocycles. The highest BCUT2D eigenvalue weighted by Crippen LogP contribution is 2.19. The molecule has 0 bridgehead atoms. The maximum Gasteiger partial charge on any atom is 0.339 e. The highest BCUT2D eigenvalue weighted by atomic mass is 16.6. The lowest BCUT2D eigenvalue weighted by molar-refractivity contribution is -0.385. The van der Waals surface area contributed by atoms with Gasteiger partial charge in [-0.25, -0.2) is 14.8 Å². The second-order valence-corrected chi connectivity index (χ2v) is 3.87. The lowest BCUT2D eigenvalue weighted by atomic mass is 10.2. The second kappa shape index (κ2) is 5.34. The number of oxazole rings is 1. The number of carbonyl (C=O) groups is 1. The molecule has 0 spiro atoms. The third kappa shape index (κ3) is 2.88. The molecule has 2 aromatic rings. The van der Waals surface area contributed by atoms with Gasteiger partial charge in [0.1, 0.15) is 23.3 Å². The molecule has 2 rings (SSSR count). The van der Waals surface area contributed by atoms with Crippen LogP contribution in [0.2, 0.25) is 0 Å². The van der Waals surface area contributed by atoms with Crippen LogP contribution in [0.1, 0.15) is 22.0 Å². The molecule has 9 heteroatoms. The van der Waals surface area contributed by atoms with Crippen LogP contribution in [0.15, 0.2) is 22.9 Å². The maximum absolute atomic E-state index is 11.1. The number of hydrogen-bond donors (Lipinski definition) is 2. The first kappa shape index (κ1) is 13.5. The molecule has 9 nitrogen and oxygen atoms in total. The van der Waals surface area contributed by atoms with Crippen molar-refractivity contribution in [1.82, 2.24) is 9.97 Å². The summed E-state index contributed by atoms with van der Waals surface area (Å²) in [5.74, 6) is -0.317. The number of carboxylic acids is 1. The Hall–Kier alpha value is -2.97. The molecule has 2 N–H and O–H groups in total. The van der Waals surface area contributed by atoms with Gasteiger partial charge in [-0.05, 0) is 6.92 Å². The van der Waals surface area contributed by atoms with E-state index in [2.05, 4.69) is 15.3 Å². The number of hydrogen-bond acceptors (Lipinski definition) is 7. The topological polar surface area (TPSA) is 131 Å². The van der Waals surface area contributed by atoms with Crippen molar-refractivity contribution in [2.75, 3.05) is 5.32 Å². The van der Waals surface area contributed by atoms with Gasteiger partial charge in [0.25, 0.3) is 5.69 Å². The summed E-state index contributed by atoms with van der Waals surface area (Å²) in [5, 5.41) is 22.3. The smallest absolute Gasteiger partial charge is 0.339 e. The van der Waals surface area contributed by atoms with Crippen molar-refractivity contribution < 1.29 is 19.2 Å². The van der Waals surface area contributed by atoms with E-state index in [1.165, 1.54) is 6.20 Å². The Kier molecular flexibility index (Phi) is 3.60. The molecule has 2 aromatic heterocycles. The zero-order valence-corrected chi connectivity index (χ0v) is 10.4. The number of anilines is 1. The van der Waals surface area contributed by atoms with Crippen molar-refractivity contribution >= 4 is 17.5 Å². The van der Waals surface area contributed by atoms with E-state index in [-0.39, 0.29) is 23.6 Å². The molecule has 0 fully saturated rings. The normalized spacial score (nSPS) is 10.2. The Balaban J connectivity index is 2.22. The molecule has 0 aliphatic carbocycles. The Morgan fingerprint density at radius 3 is 2.80 bits per heavy atom. The van der Waals surface area contributed by atoms with E-state index in [0.717, 1.165) is 12.3 Å². The van der Waals surface area contributed by atoms with Crippen LogP contribution in [0.3, 0.4) is 0 Å². The maximum atomic E-state index is 11.1. The lowest BCUT2D eigenvalue weighted by Gasteiger charge is -2.06. The molecular weight excluding hydrogens is 268 g/mol. The SMILES string of the molecule is Cc1cnc(CNc2ncc([N+](=O)[O-])cc2C(=O)O)o1. The molecule has 0 amide bonds. The number of pyridine rings is 1. The highest BCUT2D eigenvalue weighted by Gasteiger charge is 2.17. The molecule has 0 aromatic carbocycles. The van der Waals surface area contributed by atoms with Gasteiger partial charge in [-0.1, -0.05) is 0 Å². The number of rotatable bonds is 5. The molecule has 0 unspecified atom stereocenters. The molecule has 0 atom stereocenters. The Labute approximate surface area is 112 Å². The van der Waals surface area contributed by atoms with E-state index in [1.54, 1.807) is 6.92 Å². The number of nitrogens with zero attached hydrogens (tertiary/aromatic N) is 3. The Morgan fingerprint density at radius 2 is 2.25 bits per heavy atom. The lowest BCUT2D eigenvalue weighted by Crippen LogP contribution is -2.09. The van der Waals surface area contributed by atoms with Gasteiger partial charge in [0.15, 0.2) is 0 Å². The predicted molar refractivity (Wildman–Crippen MR) is 66.4 cm³/mol. The number of aromatic carboxylic acids is 1. The van der Waals surface area contributed by atoms with Crippen molar-refractivity contribution in [2.24, 2.45) is 0 Å². The summed E-state index contributed by atoms with van der Waals surface area (Å²) in [7, 11) is 0. The van der Waals surface area contributed by atoms with Crippen molar-refractivity contribution in [2.45, 2.75) is 13.5 Å². The molecule has 0 aliphatic heterocycles. The summed E-state index contributed by atoms with van der Waals surface area (Å²) in [6.45, 7) is 1.85. The van der Waals surface area contributed by atoms with Crippen LogP contribution in [0.25, 0.3) is 0 Å². The highest BCUT2D eigenvalue weighted by molar-refractivity contribution is 5.93. The van der Waals surface area contributed by atoms with E-state index in [4.69, 9.17) is 9.52 Å². The van der Waals surface area contributed by atoms with Crippen LogP contribution < -0.4 is 5.32 Å². The number of nitrogens with one attached hydrogen (secondary N) is 1. The number of aromatic nitrogens is 2. The summed E-state index contributed by atoms with van der Waals surface area (Å²) in [6, 6.07) is 0.943. The van der Waals surface area contributed by atoms with Crippen LogP contribution >= 0.6 is 0 Å². The molecule has 0 radical (unpaired) electrons. The van der Waals surface area contributed by atoms with Crippen molar-refractivity contribution in [3.8, 4) is 0 Å². The Morgan fingerprint density at radius 1 is 1.50 bits per heavy atom. The molecule has 104 valence electrons. The van der Waals surface area contributed by atoms with Crippen LogP contribution in [-0.4, -0.2) is 26.0 Å². The van der Waals surface area contributed by atoms with Gasteiger partial charge in [-0.15, -0.1) is 0 Å². The summed E-state index contributed by atoms with van der Waals surface area (Å²) >= 11 is 0. The summed E-state index contributed by atoms with van der Waals surface area (Å²) in [5.41, 5.74) is -0.678. The summed E-state index contributed by atoms with van der Waals surface area (Å²) in [6.07, 6.45) is 2.51. The third-order valence-electron chi connectivity index (χ3n) is 2.39. The standard InChI is InChI=1S/C11H10N4O5/c1-6-3-12-9(20-6)5-14-10-8(11(16)17)2-7(4-13-10)15(18)19/h2-4H,5H2,1H3,(H,13,14)(H,16,17). The van der Waals surface area contributed by atoms with Crippen LogP contribution in [0.4, 0.5) is 11.5 Å². The minimum atomic E-state index is -1.31. The van der Waals surface area contributed by atoms with E-state index in [0.29, 0.717) is 11.7 Å². The third-order valence-corrected chi connectivity index (χ3v) is 2.39. The minimum absolute atomic E-state index is 0.0129. The number of carboxylic acid groups (broad SMARTS) is 1. The molecule has 0 saturated carbocycles. The van der Waals surface area contributed by atoms with Gasteiger partial charge in [-0.3, -0.25) is 10.1 Å². The van der Waals surface area contributed by atoms with Crippen LogP contribution in [0.5, 0.6) is 0 Å². The van der Waals surface area contributed by atoms with Gasteiger partial charge in [0.05, 0.1) is 17.7 Å². The van der Waals surface area contributed by atoms with Gasteiger partial charge in [0, 0.05) is 6.07 Å². The van der Waals surface area contributed by atoms with Crippen molar-refractivity contribution in [3.05, 3.63) is 45.8 Å². The van der Waals surface area contributed by atoms with E-state index >= 15 is 0 Å². The zero-order valence-electron chi connectivity index (χ0n) is 10.4. The van der Waals surface area contributed by atoms with Crippen LogP contribution in [0, 0.1) is 17.0 Å². The zero-order chi connectivity index (χ0) is 14.7.